The third-order valence-corrected chi connectivity index (χ3v) is 4.46. The highest BCUT2D eigenvalue weighted by Gasteiger charge is 2.12. The van der Waals surface area contributed by atoms with Crippen LogP contribution >= 0.6 is 27.7 Å². The van der Waals surface area contributed by atoms with Crippen LogP contribution in [0.25, 0.3) is 0 Å². The Hall–Kier alpha value is -1.26. The molecule has 0 amide bonds. The van der Waals surface area contributed by atoms with Gasteiger partial charge in [0.15, 0.2) is 0 Å². The third kappa shape index (κ3) is 3.39. The molecular weight excluding hydrogens is 324 g/mol. The SMILES string of the molecule is Cc1ccc(C)c(Sc2ccc(Br)cc2C(=O)O)c1. The Balaban J connectivity index is 2.43. The Kier molecular flexibility index (Phi) is 4.32. The highest BCUT2D eigenvalue weighted by Crippen LogP contribution is 2.34. The zero-order valence-electron chi connectivity index (χ0n) is 10.6. The third-order valence-electron chi connectivity index (χ3n) is 2.74. The summed E-state index contributed by atoms with van der Waals surface area (Å²) in [4.78, 5) is 13.1. The van der Waals surface area contributed by atoms with Gasteiger partial charge in [-0.2, -0.15) is 0 Å². The number of aromatic carboxylic acids is 1. The van der Waals surface area contributed by atoms with E-state index in [2.05, 4.69) is 34.1 Å². The Morgan fingerprint density at radius 2 is 1.84 bits per heavy atom. The minimum absolute atomic E-state index is 0.320. The number of hydrogen-bond acceptors (Lipinski definition) is 2. The minimum Gasteiger partial charge on any atom is -0.478 e. The van der Waals surface area contributed by atoms with E-state index in [1.165, 1.54) is 17.3 Å². The summed E-state index contributed by atoms with van der Waals surface area (Å²) in [6.45, 7) is 4.06. The molecule has 0 bridgehead atoms. The van der Waals surface area contributed by atoms with Gasteiger partial charge in [-0.05, 0) is 49.2 Å². The van der Waals surface area contributed by atoms with Crippen LogP contribution in [-0.2, 0) is 0 Å². The topological polar surface area (TPSA) is 37.3 Å². The fourth-order valence-electron chi connectivity index (χ4n) is 1.69. The molecule has 0 unspecified atom stereocenters. The lowest BCUT2D eigenvalue weighted by molar-refractivity contribution is 0.0693. The quantitative estimate of drug-likeness (QED) is 0.864. The first-order valence-corrected chi connectivity index (χ1v) is 7.36. The van der Waals surface area contributed by atoms with E-state index in [0.29, 0.717) is 5.56 Å². The number of rotatable bonds is 3. The van der Waals surface area contributed by atoms with Gasteiger partial charge >= 0.3 is 5.97 Å². The first-order valence-electron chi connectivity index (χ1n) is 5.75. The molecular formula is C15H13BrO2S. The van der Waals surface area contributed by atoms with Crippen molar-refractivity contribution >= 4 is 33.7 Å². The number of halogens is 1. The van der Waals surface area contributed by atoms with Crippen molar-refractivity contribution < 1.29 is 9.90 Å². The van der Waals surface area contributed by atoms with E-state index in [4.69, 9.17) is 0 Å². The molecule has 1 N–H and O–H groups in total. The molecule has 0 radical (unpaired) electrons. The number of hydrogen-bond donors (Lipinski definition) is 1. The molecule has 2 aromatic rings. The maximum atomic E-state index is 11.3. The molecule has 0 aliphatic rings. The summed E-state index contributed by atoms with van der Waals surface area (Å²) in [7, 11) is 0. The maximum absolute atomic E-state index is 11.3. The lowest BCUT2D eigenvalue weighted by Gasteiger charge is -2.09. The van der Waals surface area contributed by atoms with Gasteiger partial charge in [0.2, 0.25) is 0 Å². The summed E-state index contributed by atoms with van der Waals surface area (Å²) in [5.41, 5.74) is 2.64. The van der Waals surface area contributed by atoms with Crippen molar-refractivity contribution in [3.8, 4) is 0 Å². The molecule has 98 valence electrons. The lowest BCUT2D eigenvalue weighted by atomic mass is 10.2. The van der Waals surface area contributed by atoms with E-state index in [-0.39, 0.29) is 0 Å². The molecule has 0 aromatic heterocycles. The Labute approximate surface area is 125 Å². The van der Waals surface area contributed by atoms with Gasteiger partial charge in [0.05, 0.1) is 5.56 Å². The van der Waals surface area contributed by atoms with Gasteiger partial charge in [-0.1, -0.05) is 39.8 Å². The fourth-order valence-corrected chi connectivity index (χ4v) is 3.16. The molecule has 0 saturated heterocycles. The highest BCUT2D eigenvalue weighted by atomic mass is 79.9. The van der Waals surface area contributed by atoms with Gasteiger partial charge in [-0.15, -0.1) is 0 Å². The molecule has 2 aromatic carbocycles. The summed E-state index contributed by atoms with van der Waals surface area (Å²) >= 11 is 4.79. The van der Waals surface area contributed by atoms with Gasteiger partial charge in [-0.25, -0.2) is 4.79 Å². The smallest absolute Gasteiger partial charge is 0.336 e. The van der Waals surface area contributed by atoms with Gasteiger partial charge in [-0.3, -0.25) is 0 Å². The van der Waals surface area contributed by atoms with Crippen LogP contribution in [0.3, 0.4) is 0 Å². The van der Waals surface area contributed by atoms with Crippen molar-refractivity contribution in [2.24, 2.45) is 0 Å². The molecule has 19 heavy (non-hydrogen) atoms. The van der Waals surface area contributed by atoms with Crippen LogP contribution in [0.4, 0.5) is 0 Å². The largest absolute Gasteiger partial charge is 0.478 e. The second-order valence-corrected chi connectivity index (χ2v) is 6.32. The molecule has 2 rings (SSSR count). The van der Waals surface area contributed by atoms with Crippen LogP contribution in [0.2, 0.25) is 0 Å². The summed E-state index contributed by atoms with van der Waals surface area (Å²) in [6, 6.07) is 11.5. The zero-order valence-corrected chi connectivity index (χ0v) is 13.0. The Morgan fingerprint density at radius 3 is 2.53 bits per heavy atom. The second-order valence-electron chi connectivity index (χ2n) is 4.32. The van der Waals surface area contributed by atoms with E-state index in [1.807, 2.05) is 26.0 Å². The summed E-state index contributed by atoms with van der Waals surface area (Å²) in [5.74, 6) is -0.908. The summed E-state index contributed by atoms with van der Waals surface area (Å²) in [6.07, 6.45) is 0. The first kappa shape index (κ1) is 14.2. The Morgan fingerprint density at radius 1 is 1.11 bits per heavy atom. The number of aryl methyl sites for hydroxylation is 2. The standard InChI is InChI=1S/C15H13BrO2S/c1-9-3-4-10(2)14(7-9)19-13-6-5-11(16)8-12(13)15(17)18/h3-8H,1-2H3,(H,17,18). The van der Waals surface area contributed by atoms with Crippen LogP contribution in [0.15, 0.2) is 50.7 Å². The summed E-state index contributed by atoms with van der Waals surface area (Å²) in [5, 5.41) is 9.26. The summed E-state index contributed by atoms with van der Waals surface area (Å²) < 4.78 is 0.773. The van der Waals surface area contributed by atoms with Crippen molar-refractivity contribution in [2.45, 2.75) is 23.6 Å². The van der Waals surface area contributed by atoms with Crippen LogP contribution < -0.4 is 0 Å². The number of benzene rings is 2. The molecule has 0 atom stereocenters. The van der Waals surface area contributed by atoms with E-state index >= 15 is 0 Å². The maximum Gasteiger partial charge on any atom is 0.336 e. The highest BCUT2D eigenvalue weighted by molar-refractivity contribution is 9.10. The van der Waals surface area contributed by atoms with Gasteiger partial charge in [0.25, 0.3) is 0 Å². The van der Waals surface area contributed by atoms with Crippen molar-refractivity contribution in [3.05, 3.63) is 57.6 Å². The molecule has 0 fully saturated rings. The first-order chi connectivity index (χ1) is 8.97. The molecule has 0 aliphatic carbocycles. The Bertz CT molecular complexity index is 638. The number of carboxylic acids is 1. The molecule has 0 spiro atoms. The van der Waals surface area contributed by atoms with Gasteiger partial charge in [0, 0.05) is 14.3 Å². The molecule has 2 nitrogen and oxygen atoms in total. The van der Waals surface area contributed by atoms with Crippen molar-refractivity contribution in [2.75, 3.05) is 0 Å². The monoisotopic (exact) mass is 336 g/mol. The molecule has 4 heteroatoms. The predicted molar refractivity (Wildman–Crippen MR) is 81.1 cm³/mol. The average Bonchev–Trinajstić information content (AvgIpc) is 2.35. The minimum atomic E-state index is -0.908. The normalized spacial score (nSPS) is 10.5. The zero-order chi connectivity index (χ0) is 14.0. The van der Waals surface area contributed by atoms with Gasteiger partial charge < -0.3 is 5.11 Å². The lowest BCUT2D eigenvalue weighted by Crippen LogP contribution is -1.98. The predicted octanol–water partition coefficient (Wildman–Crippen LogP) is 4.92. The van der Waals surface area contributed by atoms with Crippen molar-refractivity contribution in [3.63, 3.8) is 0 Å². The molecule has 0 aliphatic heterocycles. The van der Waals surface area contributed by atoms with E-state index in [1.54, 1.807) is 6.07 Å². The van der Waals surface area contributed by atoms with Crippen LogP contribution in [-0.4, -0.2) is 11.1 Å². The van der Waals surface area contributed by atoms with Crippen LogP contribution in [0.5, 0.6) is 0 Å². The number of carboxylic acid groups (broad SMARTS) is 1. The van der Waals surface area contributed by atoms with Crippen LogP contribution in [0, 0.1) is 13.8 Å². The molecule has 0 heterocycles. The molecule has 0 saturated carbocycles. The number of carbonyl (C=O) groups is 1. The van der Waals surface area contributed by atoms with Crippen molar-refractivity contribution in [1.29, 1.82) is 0 Å². The van der Waals surface area contributed by atoms with Gasteiger partial charge in [0.1, 0.15) is 0 Å². The fraction of sp³-hybridized carbons (Fsp3) is 0.133. The average molecular weight is 337 g/mol. The van der Waals surface area contributed by atoms with Crippen molar-refractivity contribution in [1.82, 2.24) is 0 Å². The second kappa shape index (κ2) is 5.80. The van der Waals surface area contributed by atoms with E-state index in [0.717, 1.165) is 19.8 Å². The van der Waals surface area contributed by atoms with E-state index < -0.39 is 5.97 Å². The van der Waals surface area contributed by atoms with Crippen LogP contribution in [0.1, 0.15) is 21.5 Å². The van der Waals surface area contributed by atoms with E-state index in [9.17, 15) is 9.90 Å².